The summed E-state index contributed by atoms with van der Waals surface area (Å²) in [6.07, 6.45) is 3.23. The quantitative estimate of drug-likeness (QED) is 0.789. The maximum absolute atomic E-state index is 12.9. The van der Waals surface area contributed by atoms with E-state index in [1.165, 1.54) is 21.8 Å². The summed E-state index contributed by atoms with van der Waals surface area (Å²) < 4.78 is 27.3. The number of carbonyl (C=O) groups excluding carboxylic acids is 1. The smallest absolute Gasteiger partial charge is 0.255 e. The van der Waals surface area contributed by atoms with Crippen molar-refractivity contribution in [3.05, 3.63) is 45.7 Å². The van der Waals surface area contributed by atoms with Gasteiger partial charge in [0.05, 0.1) is 28.1 Å². The van der Waals surface area contributed by atoms with Gasteiger partial charge in [-0.15, -0.1) is 11.3 Å². The monoisotopic (exact) mass is 392 g/mol. The topological polar surface area (TPSA) is 83.5 Å². The highest BCUT2D eigenvalue weighted by molar-refractivity contribution is 7.90. The molecule has 0 unspecified atom stereocenters. The van der Waals surface area contributed by atoms with Gasteiger partial charge in [0.25, 0.3) is 5.91 Å². The fraction of sp³-hybridized carbons (Fsp3) is 0.471. The van der Waals surface area contributed by atoms with Crippen LogP contribution in [-0.2, 0) is 16.6 Å². The number of sulfonamides is 1. The molecule has 4 rings (SSSR count). The molecule has 2 aromatic rings. The van der Waals surface area contributed by atoms with Crippen LogP contribution in [0.15, 0.2) is 23.8 Å². The van der Waals surface area contributed by atoms with Gasteiger partial charge in [-0.05, 0) is 25.5 Å². The molecule has 0 radical (unpaired) electrons. The Balaban J connectivity index is 1.49. The second-order valence-electron chi connectivity index (χ2n) is 6.95. The number of nitrogens with zero attached hydrogens (tertiary/aromatic N) is 4. The summed E-state index contributed by atoms with van der Waals surface area (Å²) in [5.41, 5.74) is 2.21. The van der Waals surface area contributed by atoms with Crippen LogP contribution in [0, 0.1) is 19.8 Å². The number of hydrogen-bond acceptors (Lipinski definition) is 6. The first-order valence-corrected chi connectivity index (χ1v) is 10.8. The molecule has 4 heterocycles. The molecule has 2 fully saturated rings. The molecule has 0 aliphatic carbocycles. The summed E-state index contributed by atoms with van der Waals surface area (Å²) in [6.45, 7) is 5.25. The predicted octanol–water partition coefficient (Wildman–Crippen LogP) is 1.44. The lowest BCUT2D eigenvalue weighted by Gasteiger charge is -2.21. The van der Waals surface area contributed by atoms with Gasteiger partial charge >= 0.3 is 0 Å². The van der Waals surface area contributed by atoms with Crippen LogP contribution in [0.5, 0.6) is 0 Å². The molecule has 2 saturated heterocycles. The normalized spacial score (nSPS) is 24.8. The van der Waals surface area contributed by atoms with E-state index in [-0.39, 0.29) is 18.4 Å². The fourth-order valence-corrected chi connectivity index (χ4v) is 6.47. The van der Waals surface area contributed by atoms with Crippen LogP contribution in [0.25, 0.3) is 0 Å². The molecule has 0 bridgehead atoms. The molecular weight excluding hydrogens is 372 g/mol. The molecule has 1 amide bonds. The van der Waals surface area contributed by atoms with Crippen LogP contribution in [0.3, 0.4) is 0 Å². The van der Waals surface area contributed by atoms with Gasteiger partial charge in [-0.1, -0.05) is 0 Å². The van der Waals surface area contributed by atoms with E-state index in [1.807, 2.05) is 19.2 Å². The first-order valence-electron chi connectivity index (χ1n) is 8.45. The second kappa shape index (κ2) is 6.40. The Kier molecular flexibility index (Phi) is 4.32. The van der Waals surface area contributed by atoms with Crippen molar-refractivity contribution in [3.8, 4) is 0 Å². The van der Waals surface area contributed by atoms with Crippen molar-refractivity contribution in [3.63, 3.8) is 0 Å². The van der Waals surface area contributed by atoms with Gasteiger partial charge in [0.15, 0.2) is 0 Å². The van der Waals surface area contributed by atoms with Gasteiger partial charge < -0.3 is 4.90 Å². The number of hydrogen-bond donors (Lipinski definition) is 0. The molecule has 2 aliphatic rings. The van der Waals surface area contributed by atoms with E-state index in [1.54, 1.807) is 17.2 Å². The first kappa shape index (κ1) is 17.6. The maximum Gasteiger partial charge on any atom is 0.255 e. The Bertz CT molecular complexity index is 956. The van der Waals surface area contributed by atoms with Crippen LogP contribution < -0.4 is 0 Å². The molecule has 26 heavy (non-hydrogen) atoms. The molecule has 2 aliphatic heterocycles. The number of amides is 1. The molecule has 0 spiro atoms. The third kappa shape index (κ3) is 3.04. The molecule has 0 aromatic carbocycles. The van der Waals surface area contributed by atoms with E-state index >= 15 is 0 Å². The molecule has 2 aromatic heterocycles. The third-order valence-electron chi connectivity index (χ3n) is 4.98. The number of aryl methyl sites for hydroxylation is 2. The number of thiazole rings is 1. The summed E-state index contributed by atoms with van der Waals surface area (Å²) in [5, 5.41) is 2.31. The average molecular weight is 393 g/mol. The minimum Gasteiger partial charge on any atom is -0.337 e. The molecule has 0 saturated carbocycles. The van der Waals surface area contributed by atoms with E-state index in [9.17, 15) is 13.2 Å². The van der Waals surface area contributed by atoms with Gasteiger partial charge in [-0.2, -0.15) is 4.31 Å². The fourth-order valence-electron chi connectivity index (χ4n) is 3.75. The lowest BCUT2D eigenvalue weighted by Crippen LogP contribution is -2.36. The Morgan fingerprint density at radius 2 is 2.08 bits per heavy atom. The third-order valence-corrected chi connectivity index (χ3v) is 8.10. The Morgan fingerprint density at radius 3 is 2.73 bits per heavy atom. The van der Waals surface area contributed by atoms with Gasteiger partial charge in [0, 0.05) is 43.3 Å². The lowest BCUT2D eigenvalue weighted by molar-refractivity contribution is 0.0784. The summed E-state index contributed by atoms with van der Waals surface area (Å²) in [4.78, 5) is 22.8. The summed E-state index contributed by atoms with van der Waals surface area (Å²) in [7, 11) is -3.42. The van der Waals surface area contributed by atoms with Gasteiger partial charge in [-0.25, -0.2) is 13.4 Å². The zero-order valence-corrected chi connectivity index (χ0v) is 16.3. The maximum atomic E-state index is 12.9. The summed E-state index contributed by atoms with van der Waals surface area (Å²) >= 11 is 1.52. The Hall–Kier alpha value is -1.84. The molecule has 7 nitrogen and oxygen atoms in total. The van der Waals surface area contributed by atoms with Crippen molar-refractivity contribution in [2.45, 2.75) is 25.6 Å². The van der Waals surface area contributed by atoms with Gasteiger partial charge in [-0.3, -0.25) is 9.78 Å². The van der Waals surface area contributed by atoms with Crippen LogP contribution in [0.1, 0.15) is 26.6 Å². The highest BCUT2D eigenvalue weighted by Crippen LogP contribution is 2.35. The number of rotatable bonds is 3. The van der Waals surface area contributed by atoms with Crippen molar-refractivity contribution in [1.29, 1.82) is 0 Å². The largest absolute Gasteiger partial charge is 0.337 e. The number of likely N-dealkylation sites (tertiary alicyclic amines) is 1. The number of aromatic nitrogens is 2. The predicted molar refractivity (Wildman–Crippen MR) is 98.3 cm³/mol. The lowest BCUT2D eigenvalue weighted by atomic mass is 10.1. The summed E-state index contributed by atoms with van der Waals surface area (Å²) in [5.74, 6) is -0.200. The van der Waals surface area contributed by atoms with E-state index in [0.717, 1.165) is 16.3 Å². The van der Waals surface area contributed by atoms with E-state index < -0.39 is 15.3 Å². The number of fused-ring (bicyclic) bond motifs is 1. The highest BCUT2D eigenvalue weighted by atomic mass is 32.2. The number of pyridine rings is 1. The number of carbonyl (C=O) groups is 1. The van der Waals surface area contributed by atoms with Gasteiger partial charge in [0.2, 0.25) is 10.0 Å². The van der Waals surface area contributed by atoms with Crippen LogP contribution in [0.4, 0.5) is 0 Å². The Morgan fingerprint density at radius 1 is 1.27 bits per heavy atom. The standard InChI is InChI=1S/C17H20N4O3S2/c1-11-3-13(5-18-4-11)17(22)20-6-14-7-21(26(23,24)16(14)9-20)8-15-10-25-12(2)19-15/h3-5,10,14,16H,6-9H2,1-2H3/t14-,16+/m0/s1. The van der Waals surface area contributed by atoms with E-state index in [0.29, 0.717) is 25.2 Å². The van der Waals surface area contributed by atoms with Crippen molar-refractivity contribution in [2.24, 2.45) is 5.92 Å². The van der Waals surface area contributed by atoms with Crippen LogP contribution >= 0.6 is 11.3 Å². The molecule has 0 N–H and O–H groups in total. The minimum atomic E-state index is -3.42. The molecule has 138 valence electrons. The SMILES string of the molecule is Cc1cncc(C(=O)N2C[C@H]3CN(Cc4csc(C)n4)S(=O)(=O)[C@@H]3C2)c1. The first-order chi connectivity index (χ1) is 12.3. The van der Waals surface area contributed by atoms with Crippen molar-refractivity contribution in [2.75, 3.05) is 19.6 Å². The minimum absolute atomic E-state index is 0.0542. The second-order valence-corrected chi connectivity index (χ2v) is 10.2. The Labute approximate surface area is 156 Å². The zero-order chi connectivity index (χ0) is 18.5. The van der Waals surface area contributed by atoms with E-state index in [4.69, 9.17) is 0 Å². The van der Waals surface area contributed by atoms with Crippen molar-refractivity contribution < 1.29 is 13.2 Å². The molecular formula is C17H20N4O3S2. The van der Waals surface area contributed by atoms with Crippen LogP contribution in [-0.4, -0.2) is 58.4 Å². The molecule has 9 heteroatoms. The zero-order valence-electron chi connectivity index (χ0n) is 14.6. The summed E-state index contributed by atoms with van der Waals surface area (Å²) in [6, 6.07) is 1.79. The van der Waals surface area contributed by atoms with Crippen LogP contribution in [0.2, 0.25) is 0 Å². The van der Waals surface area contributed by atoms with Crippen molar-refractivity contribution in [1.82, 2.24) is 19.2 Å². The average Bonchev–Trinajstić information content (AvgIpc) is 3.25. The highest BCUT2D eigenvalue weighted by Gasteiger charge is 2.52. The van der Waals surface area contributed by atoms with Gasteiger partial charge in [0.1, 0.15) is 0 Å². The van der Waals surface area contributed by atoms with E-state index in [2.05, 4.69) is 9.97 Å². The molecule has 2 atom stereocenters. The van der Waals surface area contributed by atoms with Crippen molar-refractivity contribution >= 4 is 27.3 Å².